The fourth-order valence-electron chi connectivity index (χ4n) is 4.35. The quantitative estimate of drug-likeness (QED) is 0.226. The van der Waals surface area contributed by atoms with Crippen molar-refractivity contribution in [1.82, 2.24) is 0 Å². The van der Waals surface area contributed by atoms with Crippen molar-refractivity contribution in [2.24, 2.45) is 5.92 Å². The summed E-state index contributed by atoms with van der Waals surface area (Å²) >= 11 is 0. The number of anilines is 1. The molecule has 3 nitrogen and oxygen atoms in total. The molecule has 5 heteroatoms. The van der Waals surface area contributed by atoms with Crippen LogP contribution in [-0.2, 0) is 6.54 Å². The number of aliphatic hydroxyl groups is 1. The Kier molecular flexibility index (Phi) is 12.6. The van der Waals surface area contributed by atoms with Crippen molar-refractivity contribution < 1.29 is 18.6 Å². The van der Waals surface area contributed by atoms with E-state index in [9.17, 15) is 13.9 Å². The van der Waals surface area contributed by atoms with Crippen LogP contribution in [0.2, 0.25) is 0 Å². The van der Waals surface area contributed by atoms with E-state index >= 15 is 0 Å². The van der Waals surface area contributed by atoms with Gasteiger partial charge in [0, 0.05) is 0 Å². The number of unbranched alkanes of at least 4 members (excludes halogenated alkanes) is 2. The van der Waals surface area contributed by atoms with Gasteiger partial charge < -0.3 is 14.7 Å². The summed E-state index contributed by atoms with van der Waals surface area (Å²) in [5, 5.41) is 10.4. The molecule has 0 saturated heterocycles. The number of hydrogen-bond acceptors (Lipinski definition) is 3. The third kappa shape index (κ3) is 9.54. The summed E-state index contributed by atoms with van der Waals surface area (Å²) in [5.41, 5.74) is 1.75. The predicted octanol–water partition coefficient (Wildman–Crippen LogP) is 9.33. The Morgan fingerprint density at radius 3 is 2.14 bits per heavy atom. The molecule has 0 atom stereocenters. The van der Waals surface area contributed by atoms with Crippen molar-refractivity contribution in [2.75, 3.05) is 12.0 Å². The van der Waals surface area contributed by atoms with E-state index < -0.39 is 11.6 Å². The number of aliphatic hydroxyl groups excluding tert-OH is 1. The van der Waals surface area contributed by atoms with Crippen molar-refractivity contribution in [1.29, 1.82) is 0 Å². The van der Waals surface area contributed by atoms with Crippen LogP contribution in [0.1, 0.15) is 90.5 Å². The van der Waals surface area contributed by atoms with Gasteiger partial charge in [-0.1, -0.05) is 90.3 Å². The van der Waals surface area contributed by atoms with Gasteiger partial charge in [0.25, 0.3) is 0 Å². The van der Waals surface area contributed by atoms with Crippen LogP contribution in [0, 0.1) is 17.6 Å². The molecular weight excluding hydrogens is 444 g/mol. The monoisotopic (exact) mass is 487 g/mol. The number of rotatable bonds is 13. The second-order valence-corrected chi connectivity index (χ2v) is 9.37. The first-order valence-electron chi connectivity index (χ1n) is 13.2. The van der Waals surface area contributed by atoms with Crippen LogP contribution in [0.5, 0.6) is 5.75 Å². The maximum atomic E-state index is 14.1. The second-order valence-electron chi connectivity index (χ2n) is 9.37. The first kappa shape index (κ1) is 28.7. The first-order chi connectivity index (χ1) is 16.9. The van der Waals surface area contributed by atoms with Crippen LogP contribution in [0.3, 0.4) is 0 Å². The summed E-state index contributed by atoms with van der Waals surface area (Å²) in [6, 6.07) is 10.8. The number of allylic oxidation sites excluding steroid dienone is 1. The van der Waals surface area contributed by atoms with Crippen LogP contribution in [-0.4, -0.2) is 12.2 Å². The predicted molar refractivity (Wildman–Crippen MR) is 142 cm³/mol. The molecule has 1 saturated carbocycles. The van der Waals surface area contributed by atoms with E-state index in [4.69, 9.17) is 4.74 Å². The van der Waals surface area contributed by atoms with Gasteiger partial charge in [-0.2, -0.15) is 0 Å². The van der Waals surface area contributed by atoms with Gasteiger partial charge in [0.05, 0.1) is 19.3 Å². The molecule has 0 bridgehead atoms. The number of halogens is 2. The Morgan fingerprint density at radius 1 is 0.914 bits per heavy atom. The molecule has 1 N–H and O–H groups in total. The molecule has 1 fully saturated rings. The molecule has 1 aliphatic carbocycles. The molecule has 0 amide bonds. The van der Waals surface area contributed by atoms with Gasteiger partial charge in [0.2, 0.25) is 0 Å². The lowest BCUT2D eigenvalue weighted by Crippen LogP contribution is -2.23. The third-order valence-corrected chi connectivity index (χ3v) is 6.38. The number of hydrogen-bond donors (Lipinski definition) is 1. The van der Waals surface area contributed by atoms with Crippen molar-refractivity contribution in [2.45, 2.75) is 91.5 Å². The van der Waals surface area contributed by atoms with E-state index in [0.29, 0.717) is 5.56 Å². The average molecular weight is 488 g/mol. The molecule has 0 radical (unpaired) electrons. The molecule has 194 valence electrons. The number of para-hydroxylation sites is 1. The number of nitrogens with zero attached hydrogens (tertiary/aromatic N) is 1. The zero-order chi connectivity index (χ0) is 25.6. The molecule has 3 rings (SSSR count). The lowest BCUT2D eigenvalue weighted by molar-refractivity contribution is 0.381. The van der Waals surface area contributed by atoms with E-state index in [2.05, 4.69) is 20.8 Å². The lowest BCUT2D eigenvalue weighted by atomic mass is 9.92. The lowest BCUT2D eigenvalue weighted by Gasteiger charge is -2.24. The maximum absolute atomic E-state index is 14.1. The van der Waals surface area contributed by atoms with Crippen LogP contribution in [0.15, 0.2) is 53.9 Å². The average Bonchev–Trinajstić information content (AvgIpc) is 3.69. The molecule has 0 heterocycles. The minimum absolute atomic E-state index is 0.0475. The third-order valence-electron chi connectivity index (χ3n) is 6.38. The Hall–Kier alpha value is -2.56. The second kappa shape index (κ2) is 15.4. The smallest absolute Gasteiger partial charge is 0.190 e. The molecule has 2 aromatic rings. The van der Waals surface area contributed by atoms with Crippen LogP contribution in [0.4, 0.5) is 14.5 Å². The highest BCUT2D eigenvalue weighted by molar-refractivity contribution is 5.54. The molecule has 0 unspecified atom stereocenters. The van der Waals surface area contributed by atoms with E-state index in [1.54, 1.807) is 24.3 Å². The highest BCUT2D eigenvalue weighted by atomic mass is 19.1. The van der Waals surface area contributed by atoms with Crippen LogP contribution < -0.4 is 9.64 Å². The van der Waals surface area contributed by atoms with Gasteiger partial charge in [-0.25, -0.2) is 8.78 Å². The number of methoxy groups -OCH3 is 1. The van der Waals surface area contributed by atoms with Gasteiger partial charge in [0.1, 0.15) is 5.82 Å². The molecule has 0 aromatic heterocycles. The molecule has 35 heavy (non-hydrogen) atoms. The van der Waals surface area contributed by atoms with E-state index in [-0.39, 0.29) is 23.9 Å². The fraction of sp³-hybridized carbons (Fsp3) is 0.533. The highest BCUT2D eigenvalue weighted by Gasteiger charge is 2.25. The minimum Gasteiger partial charge on any atom is -0.494 e. The fourth-order valence-corrected chi connectivity index (χ4v) is 4.35. The van der Waals surface area contributed by atoms with Gasteiger partial charge in [0.15, 0.2) is 17.4 Å². The Labute approximate surface area is 210 Å². The summed E-state index contributed by atoms with van der Waals surface area (Å²) in [6.45, 7) is 7.07. The molecule has 1 aliphatic rings. The summed E-state index contributed by atoms with van der Waals surface area (Å²) in [6.07, 6.45) is 13.0. The van der Waals surface area contributed by atoms with Crippen LogP contribution >= 0.6 is 0 Å². The minimum atomic E-state index is -0.489. The molecular formula is C30H43F2NO2. The zero-order valence-electron chi connectivity index (χ0n) is 22.0. The normalized spacial score (nSPS) is 12.3. The van der Waals surface area contributed by atoms with Crippen molar-refractivity contribution in [3.8, 4) is 5.75 Å². The molecule has 2 aromatic carbocycles. The van der Waals surface area contributed by atoms with E-state index in [1.165, 1.54) is 81.6 Å². The van der Waals surface area contributed by atoms with Crippen molar-refractivity contribution in [3.63, 3.8) is 0 Å². The Balaban J connectivity index is 0.000000307. The molecule has 0 spiro atoms. The Bertz CT molecular complexity index is 916. The van der Waals surface area contributed by atoms with Crippen LogP contribution in [0.25, 0.3) is 0 Å². The number of benzene rings is 2. The topological polar surface area (TPSA) is 32.7 Å². The van der Waals surface area contributed by atoms with Gasteiger partial charge in [-0.3, -0.25) is 0 Å². The largest absolute Gasteiger partial charge is 0.494 e. The SMILES string of the molecule is CCCCCC(CCC)CCC.COc1ccc(CN(C(O)=C2CC2)c2ccccc2F)cc1F. The summed E-state index contributed by atoms with van der Waals surface area (Å²) in [4.78, 5) is 1.47. The van der Waals surface area contributed by atoms with Crippen molar-refractivity contribution >= 4 is 5.69 Å². The summed E-state index contributed by atoms with van der Waals surface area (Å²) < 4.78 is 32.9. The standard InChI is InChI=1S/C18H17F2NO2.C12H26/c1-23-17-9-6-12(10-15(17)20)11-21(18(22)13-7-8-13)16-5-3-2-4-14(16)19;1-4-7-8-11-12(9-5-2)10-6-3/h2-6,9-10,22H,7-8,11H2,1H3;12H,4-11H2,1-3H3. The zero-order valence-corrected chi connectivity index (χ0v) is 22.0. The maximum Gasteiger partial charge on any atom is 0.190 e. The van der Waals surface area contributed by atoms with Gasteiger partial charge in [-0.15, -0.1) is 0 Å². The van der Waals surface area contributed by atoms with Gasteiger partial charge >= 0.3 is 0 Å². The van der Waals surface area contributed by atoms with Crippen molar-refractivity contribution in [3.05, 3.63) is 71.1 Å². The van der Waals surface area contributed by atoms with Gasteiger partial charge in [-0.05, 0) is 54.2 Å². The van der Waals surface area contributed by atoms with E-state index in [1.807, 2.05) is 0 Å². The van der Waals surface area contributed by atoms with E-state index in [0.717, 1.165) is 24.3 Å². The molecule has 0 aliphatic heterocycles. The summed E-state index contributed by atoms with van der Waals surface area (Å²) in [7, 11) is 1.40. The highest BCUT2D eigenvalue weighted by Crippen LogP contribution is 2.35. The first-order valence-corrected chi connectivity index (χ1v) is 13.2. The Morgan fingerprint density at radius 2 is 1.60 bits per heavy atom. The number of ether oxygens (including phenoxy) is 1. The summed E-state index contributed by atoms with van der Waals surface area (Å²) in [5.74, 6) is 0.306.